The van der Waals surface area contributed by atoms with Gasteiger partial charge in [-0.3, -0.25) is 0 Å². The Kier molecular flexibility index (Phi) is 4.77. The molecule has 2 rings (SSSR count). The number of hydrogen-bond acceptors (Lipinski definition) is 5. The van der Waals surface area contributed by atoms with Gasteiger partial charge in [0.25, 0.3) is 0 Å². The number of nitrogens with zero attached hydrogens (tertiary/aromatic N) is 1. The van der Waals surface area contributed by atoms with Crippen LogP contribution in [0.2, 0.25) is 5.02 Å². The van der Waals surface area contributed by atoms with Gasteiger partial charge in [0.05, 0.1) is 5.57 Å². The second kappa shape index (κ2) is 6.39. The average Bonchev–Trinajstić information content (AvgIpc) is 2.97. The zero-order chi connectivity index (χ0) is 15.6. The lowest BCUT2D eigenvalue weighted by Gasteiger charge is -2.12. The van der Waals surface area contributed by atoms with Crippen molar-refractivity contribution in [3.8, 4) is 5.75 Å². The van der Waals surface area contributed by atoms with E-state index in [0.29, 0.717) is 15.8 Å². The number of aromatic nitrogens is 1. The Morgan fingerprint density at radius 3 is 2.57 bits per heavy atom. The minimum Gasteiger partial charge on any atom is -0.423 e. The van der Waals surface area contributed by atoms with Gasteiger partial charge in [-0.25, -0.2) is 9.78 Å². The van der Waals surface area contributed by atoms with Crippen LogP contribution in [0.4, 0.5) is 0 Å². The molecule has 0 aliphatic carbocycles. The Labute approximate surface area is 131 Å². The number of rotatable bonds is 4. The first-order valence-corrected chi connectivity index (χ1v) is 7.41. The van der Waals surface area contributed by atoms with Crippen LogP contribution in [0, 0.1) is 13.8 Å². The van der Waals surface area contributed by atoms with Crippen molar-refractivity contribution in [2.45, 2.75) is 20.0 Å². The maximum absolute atomic E-state index is 12.0. The van der Waals surface area contributed by atoms with Gasteiger partial charge in [-0.1, -0.05) is 18.2 Å². The highest BCUT2D eigenvalue weighted by atomic mass is 35.5. The summed E-state index contributed by atoms with van der Waals surface area (Å²) in [5.74, 6) is -0.328. The molecular weight excluding hydrogens is 310 g/mol. The Morgan fingerprint density at radius 1 is 1.43 bits per heavy atom. The zero-order valence-corrected chi connectivity index (χ0v) is 13.2. The molecular formula is C15H14ClNO3S. The number of thiazole rings is 1. The zero-order valence-electron chi connectivity index (χ0n) is 11.6. The van der Waals surface area contributed by atoms with Crippen LogP contribution in [0.25, 0.3) is 0 Å². The number of aryl methyl sites for hydroxylation is 2. The quantitative estimate of drug-likeness (QED) is 0.530. The minimum atomic E-state index is -1.16. The molecule has 0 amide bonds. The third kappa shape index (κ3) is 3.50. The van der Waals surface area contributed by atoms with Gasteiger partial charge in [0, 0.05) is 16.6 Å². The van der Waals surface area contributed by atoms with E-state index in [-0.39, 0.29) is 5.57 Å². The summed E-state index contributed by atoms with van der Waals surface area (Å²) in [6, 6.07) is 3.33. The summed E-state index contributed by atoms with van der Waals surface area (Å²) in [5, 5.41) is 12.8. The SMILES string of the molecule is C=C(C(=O)Oc1cc(C)c(Cl)c(C)c1)C(O)c1nccs1. The van der Waals surface area contributed by atoms with Crippen molar-refractivity contribution < 1.29 is 14.6 Å². The van der Waals surface area contributed by atoms with Gasteiger partial charge in [0.1, 0.15) is 16.9 Å². The molecule has 1 atom stereocenters. The van der Waals surface area contributed by atoms with Gasteiger partial charge in [0.2, 0.25) is 0 Å². The van der Waals surface area contributed by atoms with E-state index in [1.807, 2.05) is 13.8 Å². The summed E-state index contributed by atoms with van der Waals surface area (Å²) in [6.45, 7) is 7.24. The minimum absolute atomic E-state index is 0.0600. The van der Waals surface area contributed by atoms with Gasteiger partial charge in [0.15, 0.2) is 0 Å². The lowest BCUT2D eigenvalue weighted by Crippen LogP contribution is -2.16. The molecule has 4 nitrogen and oxygen atoms in total. The van der Waals surface area contributed by atoms with Crippen LogP contribution in [0.5, 0.6) is 5.75 Å². The summed E-state index contributed by atoms with van der Waals surface area (Å²) < 4.78 is 5.23. The van der Waals surface area contributed by atoms with Crippen molar-refractivity contribution in [1.29, 1.82) is 0 Å². The number of carbonyl (C=O) groups is 1. The predicted molar refractivity (Wildman–Crippen MR) is 82.8 cm³/mol. The molecule has 1 unspecified atom stereocenters. The topological polar surface area (TPSA) is 59.4 Å². The van der Waals surface area contributed by atoms with Gasteiger partial charge >= 0.3 is 5.97 Å². The van der Waals surface area contributed by atoms with Crippen LogP contribution in [0.15, 0.2) is 35.9 Å². The number of hydrogen-bond donors (Lipinski definition) is 1. The predicted octanol–water partition coefficient (Wildman–Crippen LogP) is 3.61. The summed E-state index contributed by atoms with van der Waals surface area (Å²) >= 11 is 7.30. The molecule has 0 aliphatic rings. The van der Waals surface area contributed by atoms with Crippen LogP contribution in [-0.4, -0.2) is 16.1 Å². The van der Waals surface area contributed by atoms with Gasteiger partial charge < -0.3 is 9.84 Å². The standard InChI is InChI=1S/C15H14ClNO3S/c1-8-6-11(7-9(2)12(8)16)20-15(19)10(3)13(18)14-17-4-5-21-14/h4-7,13,18H,3H2,1-2H3. The van der Waals surface area contributed by atoms with E-state index in [0.717, 1.165) is 11.1 Å². The highest BCUT2D eigenvalue weighted by molar-refractivity contribution is 7.09. The molecule has 1 heterocycles. The Bertz CT molecular complexity index is 659. The van der Waals surface area contributed by atoms with Crippen LogP contribution in [0.3, 0.4) is 0 Å². The fourth-order valence-corrected chi connectivity index (χ4v) is 2.53. The highest BCUT2D eigenvalue weighted by Crippen LogP contribution is 2.28. The molecule has 1 aromatic heterocycles. The number of halogens is 1. The number of aliphatic hydroxyl groups excluding tert-OH is 1. The normalized spacial score (nSPS) is 12.0. The summed E-state index contributed by atoms with van der Waals surface area (Å²) in [4.78, 5) is 16.0. The molecule has 0 fully saturated rings. The van der Waals surface area contributed by atoms with E-state index in [9.17, 15) is 9.90 Å². The molecule has 1 N–H and O–H groups in total. The molecule has 0 radical (unpaired) electrons. The van der Waals surface area contributed by atoms with Crippen LogP contribution in [-0.2, 0) is 4.79 Å². The lowest BCUT2D eigenvalue weighted by atomic mass is 10.1. The molecule has 1 aromatic carbocycles. The Morgan fingerprint density at radius 2 is 2.05 bits per heavy atom. The summed E-state index contributed by atoms with van der Waals surface area (Å²) in [7, 11) is 0. The Balaban J connectivity index is 2.13. The largest absolute Gasteiger partial charge is 0.423 e. The maximum atomic E-state index is 12.0. The first-order chi connectivity index (χ1) is 9.90. The van der Waals surface area contributed by atoms with Crippen molar-refractivity contribution in [1.82, 2.24) is 4.98 Å². The smallest absolute Gasteiger partial charge is 0.341 e. The van der Waals surface area contributed by atoms with E-state index in [1.165, 1.54) is 11.3 Å². The van der Waals surface area contributed by atoms with E-state index in [1.54, 1.807) is 23.7 Å². The second-order valence-electron chi connectivity index (χ2n) is 4.56. The molecule has 0 spiro atoms. The fourth-order valence-electron chi connectivity index (χ4n) is 1.77. The van der Waals surface area contributed by atoms with Crippen LogP contribution < -0.4 is 4.74 Å². The number of aliphatic hydroxyl groups is 1. The number of ether oxygens (including phenoxy) is 1. The van der Waals surface area contributed by atoms with E-state index >= 15 is 0 Å². The first-order valence-electron chi connectivity index (χ1n) is 6.15. The van der Waals surface area contributed by atoms with E-state index < -0.39 is 12.1 Å². The van der Waals surface area contributed by atoms with Crippen molar-refractivity contribution in [3.05, 3.63) is 57.0 Å². The Hall–Kier alpha value is -1.69. The van der Waals surface area contributed by atoms with Gasteiger partial charge in [-0.05, 0) is 37.1 Å². The molecule has 0 bridgehead atoms. The molecule has 2 aromatic rings. The molecule has 0 aliphatic heterocycles. The molecule has 110 valence electrons. The molecule has 0 saturated carbocycles. The summed E-state index contributed by atoms with van der Waals surface area (Å²) in [6.07, 6.45) is 0.389. The second-order valence-corrected chi connectivity index (χ2v) is 5.86. The maximum Gasteiger partial charge on any atom is 0.341 e. The average molecular weight is 324 g/mol. The van der Waals surface area contributed by atoms with Crippen molar-refractivity contribution >= 4 is 28.9 Å². The fraction of sp³-hybridized carbons (Fsp3) is 0.200. The van der Waals surface area contributed by atoms with Gasteiger partial charge in [-0.2, -0.15) is 0 Å². The molecule has 0 saturated heterocycles. The number of carbonyl (C=O) groups excluding carboxylic acids is 1. The van der Waals surface area contributed by atoms with E-state index in [4.69, 9.17) is 16.3 Å². The first kappa shape index (κ1) is 15.7. The van der Waals surface area contributed by atoms with Crippen LogP contribution in [0.1, 0.15) is 22.2 Å². The molecule has 21 heavy (non-hydrogen) atoms. The third-order valence-corrected chi connectivity index (χ3v) is 4.32. The van der Waals surface area contributed by atoms with Gasteiger partial charge in [-0.15, -0.1) is 11.3 Å². The van der Waals surface area contributed by atoms with Crippen molar-refractivity contribution in [3.63, 3.8) is 0 Å². The van der Waals surface area contributed by atoms with Crippen molar-refractivity contribution in [2.75, 3.05) is 0 Å². The number of benzene rings is 1. The molecule has 6 heteroatoms. The monoisotopic (exact) mass is 323 g/mol. The number of esters is 1. The van der Waals surface area contributed by atoms with Crippen LogP contribution >= 0.6 is 22.9 Å². The van der Waals surface area contributed by atoms with Crippen molar-refractivity contribution in [2.24, 2.45) is 0 Å². The van der Waals surface area contributed by atoms with E-state index in [2.05, 4.69) is 11.6 Å². The third-order valence-electron chi connectivity index (χ3n) is 2.90. The highest BCUT2D eigenvalue weighted by Gasteiger charge is 2.22. The lowest BCUT2D eigenvalue weighted by molar-refractivity contribution is -0.131. The summed E-state index contributed by atoms with van der Waals surface area (Å²) in [5.41, 5.74) is 1.56.